The van der Waals surface area contributed by atoms with E-state index in [1.54, 1.807) is 0 Å². The number of hydrogen-bond acceptors (Lipinski definition) is 5. The first-order valence-corrected chi connectivity index (χ1v) is 9.93. The number of nitrogens with zero attached hydrogens (tertiary/aromatic N) is 3. The summed E-state index contributed by atoms with van der Waals surface area (Å²) in [5.41, 5.74) is 2.18. The van der Waals surface area contributed by atoms with Gasteiger partial charge in [0, 0.05) is 13.2 Å². The van der Waals surface area contributed by atoms with Crippen molar-refractivity contribution in [1.82, 2.24) is 20.1 Å². The van der Waals surface area contributed by atoms with Crippen LogP contribution in [-0.2, 0) is 9.53 Å². The molecule has 0 fully saturated rings. The number of rotatable bonds is 10. The number of ether oxygens (including phenoxy) is 1. The molecule has 0 unspecified atom stereocenters. The molecule has 26 heavy (non-hydrogen) atoms. The van der Waals surface area contributed by atoms with Gasteiger partial charge in [0.25, 0.3) is 0 Å². The molecule has 6 nitrogen and oxygen atoms in total. The maximum absolute atomic E-state index is 12.0. The molecule has 0 atom stereocenters. The highest BCUT2D eigenvalue weighted by atomic mass is 32.2. The molecule has 7 heteroatoms. The Bertz CT molecular complexity index is 715. The molecule has 0 spiro atoms. The van der Waals surface area contributed by atoms with Gasteiger partial charge < -0.3 is 10.1 Å². The van der Waals surface area contributed by atoms with Crippen LogP contribution in [0.25, 0.3) is 5.69 Å². The first-order valence-electron chi connectivity index (χ1n) is 8.94. The number of nitrogens with one attached hydrogen (secondary N) is 1. The van der Waals surface area contributed by atoms with Gasteiger partial charge in [0.05, 0.1) is 18.0 Å². The van der Waals surface area contributed by atoms with Gasteiger partial charge in [0.15, 0.2) is 5.16 Å². The van der Waals surface area contributed by atoms with Gasteiger partial charge in [-0.1, -0.05) is 43.8 Å². The summed E-state index contributed by atoms with van der Waals surface area (Å²) >= 11 is 1.39. The van der Waals surface area contributed by atoms with E-state index in [9.17, 15) is 4.79 Å². The van der Waals surface area contributed by atoms with Crippen molar-refractivity contribution < 1.29 is 9.53 Å². The quantitative estimate of drug-likeness (QED) is 0.509. The van der Waals surface area contributed by atoms with E-state index >= 15 is 0 Å². The lowest BCUT2D eigenvalue weighted by Gasteiger charge is -2.11. The molecule has 1 amide bonds. The predicted octanol–water partition coefficient (Wildman–Crippen LogP) is 3.16. The fraction of sp³-hybridized carbons (Fsp3) is 0.526. The monoisotopic (exact) mass is 376 g/mol. The Hall–Kier alpha value is -1.86. The van der Waals surface area contributed by atoms with Crippen LogP contribution in [0.2, 0.25) is 0 Å². The summed E-state index contributed by atoms with van der Waals surface area (Å²) < 4.78 is 7.49. The van der Waals surface area contributed by atoms with Gasteiger partial charge in [-0.25, -0.2) is 0 Å². The van der Waals surface area contributed by atoms with Crippen molar-refractivity contribution in [2.45, 2.75) is 39.3 Å². The number of aromatic nitrogens is 3. The normalized spacial score (nSPS) is 11.1. The second-order valence-corrected chi connectivity index (χ2v) is 7.53. The van der Waals surface area contributed by atoms with Crippen LogP contribution in [0.5, 0.6) is 0 Å². The largest absolute Gasteiger partial charge is 0.380 e. The Labute approximate surface area is 159 Å². The highest BCUT2D eigenvalue weighted by Gasteiger charge is 2.14. The van der Waals surface area contributed by atoms with Gasteiger partial charge in [0.1, 0.15) is 5.82 Å². The van der Waals surface area contributed by atoms with E-state index in [-0.39, 0.29) is 5.91 Å². The minimum absolute atomic E-state index is 0.0283. The second-order valence-electron chi connectivity index (χ2n) is 6.59. The smallest absolute Gasteiger partial charge is 0.230 e. The van der Waals surface area contributed by atoms with E-state index < -0.39 is 0 Å². The lowest BCUT2D eigenvalue weighted by molar-refractivity contribution is -0.118. The number of amides is 1. The van der Waals surface area contributed by atoms with Gasteiger partial charge >= 0.3 is 0 Å². The van der Waals surface area contributed by atoms with Crippen molar-refractivity contribution >= 4 is 17.7 Å². The second kappa shape index (κ2) is 10.3. The summed E-state index contributed by atoms with van der Waals surface area (Å²) in [6, 6.07) is 8.07. The Morgan fingerprint density at radius 2 is 2.00 bits per heavy atom. The van der Waals surface area contributed by atoms with Crippen LogP contribution in [0.4, 0.5) is 0 Å². The zero-order valence-electron chi connectivity index (χ0n) is 16.0. The Kier molecular flexibility index (Phi) is 8.12. The van der Waals surface area contributed by atoms with Crippen LogP contribution in [0.15, 0.2) is 29.4 Å². The first kappa shape index (κ1) is 20.5. The molecule has 0 aliphatic heterocycles. The molecule has 0 radical (unpaired) electrons. The first-order chi connectivity index (χ1) is 12.5. The molecule has 142 valence electrons. The standard InChI is InChI=1S/C19H28N4O2S/c1-14(2)9-11-25-12-10-20-18(24)13-26-19-22-21-16(4)23(19)17-8-6-5-7-15(17)3/h5-8,14H,9-13H2,1-4H3,(H,20,24). The zero-order chi connectivity index (χ0) is 18.9. The zero-order valence-corrected chi connectivity index (χ0v) is 16.8. The Morgan fingerprint density at radius 1 is 1.23 bits per heavy atom. The number of carbonyl (C=O) groups excluding carboxylic acids is 1. The Balaban J connectivity index is 1.81. The highest BCUT2D eigenvalue weighted by molar-refractivity contribution is 7.99. The summed E-state index contributed by atoms with van der Waals surface area (Å²) in [6.45, 7) is 10.1. The van der Waals surface area contributed by atoms with Gasteiger partial charge in [-0.2, -0.15) is 0 Å². The predicted molar refractivity (Wildman–Crippen MR) is 105 cm³/mol. The van der Waals surface area contributed by atoms with E-state index in [1.807, 2.05) is 29.7 Å². The van der Waals surface area contributed by atoms with Crippen LogP contribution >= 0.6 is 11.8 Å². The van der Waals surface area contributed by atoms with E-state index in [2.05, 4.69) is 42.4 Å². The molecule has 0 aliphatic carbocycles. The number of carbonyl (C=O) groups is 1. The Morgan fingerprint density at radius 3 is 2.73 bits per heavy atom. The van der Waals surface area contributed by atoms with Crippen LogP contribution in [0, 0.1) is 19.8 Å². The maximum atomic E-state index is 12.0. The molecule has 1 heterocycles. The molecule has 1 aromatic heterocycles. The molecule has 0 saturated carbocycles. The minimum Gasteiger partial charge on any atom is -0.380 e. The van der Waals surface area contributed by atoms with Crippen molar-refractivity contribution in [3.63, 3.8) is 0 Å². The van der Waals surface area contributed by atoms with E-state index in [4.69, 9.17) is 4.74 Å². The molecule has 2 aromatic rings. The summed E-state index contributed by atoms with van der Waals surface area (Å²) in [4.78, 5) is 12.0. The third-order valence-corrected chi connectivity index (χ3v) is 4.82. The SMILES string of the molecule is Cc1ccccc1-n1c(C)nnc1SCC(=O)NCCOCCC(C)C. The topological polar surface area (TPSA) is 69.0 Å². The van der Waals surface area contributed by atoms with E-state index in [0.717, 1.165) is 35.3 Å². The van der Waals surface area contributed by atoms with Crippen LogP contribution in [0.1, 0.15) is 31.7 Å². The van der Waals surface area contributed by atoms with Crippen molar-refractivity contribution in [2.75, 3.05) is 25.5 Å². The number of benzene rings is 1. The van der Waals surface area contributed by atoms with Gasteiger partial charge in [-0.05, 0) is 37.8 Å². The van der Waals surface area contributed by atoms with Gasteiger partial charge in [-0.3, -0.25) is 9.36 Å². The molecule has 0 aliphatic rings. The van der Waals surface area contributed by atoms with Crippen molar-refractivity contribution in [3.05, 3.63) is 35.7 Å². The fourth-order valence-corrected chi connectivity index (χ4v) is 3.21. The van der Waals surface area contributed by atoms with Crippen LogP contribution in [-0.4, -0.2) is 46.2 Å². The number of hydrogen-bond donors (Lipinski definition) is 1. The molecular formula is C19H28N4O2S. The third-order valence-electron chi connectivity index (χ3n) is 3.89. The van der Waals surface area contributed by atoms with E-state index in [0.29, 0.717) is 24.8 Å². The van der Waals surface area contributed by atoms with Gasteiger partial charge in [-0.15, -0.1) is 10.2 Å². The molecule has 0 bridgehead atoms. The third kappa shape index (κ3) is 6.14. The van der Waals surface area contributed by atoms with Crippen molar-refractivity contribution in [1.29, 1.82) is 0 Å². The fourth-order valence-electron chi connectivity index (χ4n) is 2.39. The summed E-state index contributed by atoms with van der Waals surface area (Å²) in [5.74, 6) is 1.71. The molecule has 2 rings (SSSR count). The maximum Gasteiger partial charge on any atom is 0.230 e. The van der Waals surface area contributed by atoms with Crippen LogP contribution < -0.4 is 5.32 Å². The minimum atomic E-state index is -0.0283. The number of para-hydroxylation sites is 1. The lowest BCUT2D eigenvalue weighted by Crippen LogP contribution is -2.29. The highest BCUT2D eigenvalue weighted by Crippen LogP contribution is 2.23. The van der Waals surface area contributed by atoms with Crippen molar-refractivity contribution in [2.24, 2.45) is 5.92 Å². The average Bonchev–Trinajstić information content (AvgIpc) is 2.97. The number of aryl methyl sites for hydroxylation is 2. The van der Waals surface area contributed by atoms with Gasteiger partial charge in [0.2, 0.25) is 5.91 Å². The van der Waals surface area contributed by atoms with E-state index in [1.165, 1.54) is 11.8 Å². The van der Waals surface area contributed by atoms with Crippen LogP contribution in [0.3, 0.4) is 0 Å². The lowest BCUT2D eigenvalue weighted by atomic mass is 10.1. The summed E-state index contributed by atoms with van der Waals surface area (Å²) in [6.07, 6.45) is 1.04. The molecule has 0 saturated heterocycles. The summed E-state index contributed by atoms with van der Waals surface area (Å²) in [7, 11) is 0. The molecular weight excluding hydrogens is 348 g/mol. The van der Waals surface area contributed by atoms with Crippen molar-refractivity contribution in [3.8, 4) is 5.69 Å². The molecule has 1 aromatic carbocycles. The molecule has 1 N–H and O–H groups in total. The number of thioether (sulfide) groups is 1. The average molecular weight is 377 g/mol. The summed E-state index contributed by atoms with van der Waals surface area (Å²) in [5, 5.41) is 12.0.